The maximum atomic E-state index is 11.8. The number of rotatable bonds is 5. The normalized spacial score (nSPS) is 12.9. The Kier molecular flexibility index (Phi) is 4.22. The number of para-hydroxylation sites is 2. The Morgan fingerprint density at radius 2 is 1.88 bits per heavy atom. The Morgan fingerprint density at radius 3 is 2.52 bits per heavy atom. The van der Waals surface area contributed by atoms with E-state index in [0.29, 0.717) is 11.3 Å². The van der Waals surface area contributed by atoms with E-state index in [4.69, 9.17) is 4.42 Å². The highest BCUT2D eigenvalue weighted by molar-refractivity contribution is 7.90. The first-order valence-electron chi connectivity index (χ1n) is 7.50. The van der Waals surface area contributed by atoms with Gasteiger partial charge in [-0.05, 0) is 31.2 Å². The Balaban J connectivity index is 2.01. The lowest BCUT2D eigenvalue weighted by Crippen LogP contribution is -2.10. The van der Waals surface area contributed by atoms with Crippen LogP contribution >= 0.6 is 0 Å². The van der Waals surface area contributed by atoms with E-state index in [9.17, 15) is 18.5 Å². The van der Waals surface area contributed by atoms with Crippen molar-refractivity contribution >= 4 is 32.2 Å². The van der Waals surface area contributed by atoms with E-state index < -0.39 is 20.4 Å². The van der Waals surface area contributed by atoms with Gasteiger partial charge in [0.1, 0.15) is 21.9 Å². The summed E-state index contributed by atoms with van der Waals surface area (Å²) >= 11 is 0. The third kappa shape index (κ3) is 3.34. The number of furan rings is 1. The molecule has 1 N–H and O–H groups in total. The molecule has 0 saturated heterocycles. The molecule has 0 bridgehead atoms. The van der Waals surface area contributed by atoms with Crippen LogP contribution in [0.15, 0.2) is 57.8 Å². The predicted molar refractivity (Wildman–Crippen MR) is 94.5 cm³/mol. The van der Waals surface area contributed by atoms with E-state index in [1.54, 1.807) is 6.92 Å². The van der Waals surface area contributed by atoms with Crippen molar-refractivity contribution in [3.05, 3.63) is 64.4 Å². The highest BCUT2D eigenvalue weighted by Crippen LogP contribution is 2.35. The number of nitro groups is 1. The quantitative estimate of drug-likeness (QED) is 0.546. The SMILES string of the molecule is C[C@@H](Nc1cccc(S(C)(=O)=O)c1[N+](=O)[O-])c1cc2ccccc2o1. The predicted octanol–water partition coefficient (Wildman–Crippen LogP) is 3.92. The number of nitrogens with zero attached hydrogens (tertiary/aromatic N) is 1. The number of nitro benzene ring substituents is 1. The third-order valence-electron chi connectivity index (χ3n) is 3.82. The zero-order chi connectivity index (χ0) is 18.2. The molecule has 3 aromatic rings. The number of anilines is 1. The van der Waals surface area contributed by atoms with Gasteiger partial charge in [0.25, 0.3) is 0 Å². The van der Waals surface area contributed by atoms with Crippen molar-refractivity contribution in [3.8, 4) is 0 Å². The molecule has 2 aromatic carbocycles. The summed E-state index contributed by atoms with van der Waals surface area (Å²) < 4.78 is 29.4. The number of sulfone groups is 1. The average molecular weight is 360 g/mol. The number of nitrogens with one attached hydrogen (secondary N) is 1. The maximum absolute atomic E-state index is 11.8. The van der Waals surface area contributed by atoms with E-state index in [2.05, 4.69) is 5.32 Å². The molecule has 25 heavy (non-hydrogen) atoms. The minimum atomic E-state index is -3.73. The fraction of sp³-hybridized carbons (Fsp3) is 0.176. The molecule has 3 rings (SSSR count). The minimum Gasteiger partial charge on any atom is -0.459 e. The number of hydrogen-bond donors (Lipinski definition) is 1. The standard InChI is InChI=1S/C17H16N2O5S/c1-11(15-10-12-6-3-4-8-14(12)24-15)18-13-7-5-9-16(25(2,22)23)17(13)19(20)21/h3-11,18H,1-2H3/t11-/m1/s1. The topological polar surface area (TPSA) is 102 Å². The summed E-state index contributed by atoms with van der Waals surface area (Å²) in [6, 6.07) is 13.1. The summed E-state index contributed by atoms with van der Waals surface area (Å²) in [4.78, 5) is 10.4. The van der Waals surface area contributed by atoms with Crippen molar-refractivity contribution in [2.24, 2.45) is 0 Å². The lowest BCUT2D eigenvalue weighted by molar-refractivity contribution is -0.386. The first-order chi connectivity index (χ1) is 11.8. The highest BCUT2D eigenvalue weighted by atomic mass is 32.2. The molecule has 0 unspecified atom stereocenters. The van der Waals surface area contributed by atoms with Gasteiger partial charge < -0.3 is 9.73 Å². The second-order valence-corrected chi connectivity index (χ2v) is 7.72. The van der Waals surface area contributed by atoms with Gasteiger partial charge in [0.2, 0.25) is 0 Å². The minimum absolute atomic E-state index is 0.126. The van der Waals surface area contributed by atoms with Crippen molar-refractivity contribution in [2.45, 2.75) is 17.9 Å². The number of fused-ring (bicyclic) bond motifs is 1. The Morgan fingerprint density at radius 1 is 1.16 bits per heavy atom. The zero-order valence-electron chi connectivity index (χ0n) is 13.6. The second kappa shape index (κ2) is 6.21. The van der Waals surface area contributed by atoms with E-state index in [1.807, 2.05) is 30.3 Å². The second-order valence-electron chi connectivity index (χ2n) is 5.73. The fourth-order valence-corrected chi connectivity index (χ4v) is 3.51. The maximum Gasteiger partial charge on any atom is 0.310 e. The van der Waals surface area contributed by atoms with Crippen LogP contribution in [0.1, 0.15) is 18.7 Å². The van der Waals surface area contributed by atoms with Crippen LogP contribution in [0.25, 0.3) is 11.0 Å². The van der Waals surface area contributed by atoms with E-state index in [-0.39, 0.29) is 16.6 Å². The summed E-state index contributed by atoms with van der Waals surface area (Å²) in [5, 5.41) is 15.3. The summed E-state index contributed by atoms with van der Waals surface area (Å²) in [6.45, 7) is 1.79. The zero-order valence-corrected chi connectivity index (χ0v) is 14.4. The van der Waals surface area contributed by atoms with Crippen molar-refractivity contribution in [1.82, 2.24) is 0 Å². The molecule has 0 aliphatic rings. The lowest BCUT2D eigenvalue weighted by atomic mass is 10.2. The van der Waals surface area contributed by atoms with E-state index in [0.717, 1.165) is 11.6 Å². The summed E-state index contributed by atoms with van der Waals surface area (Å²) in [6.07, 6.45) is 0.946. The lowest BCUT2D eigenvalue weighted by Gasteiger charge is -2.14. The van der Waals surface area contributed by atoms with Crippen molar-refractivity contribution in [3.63, 3.8) is 0 Å². The molecule has 0 fully saturated rings. The van der Waals surface area contributed by atoms with Gasteiger partial charge in [0.05, 0.1) is 11.0 Å². The van der Waals surface area contributed by atoms with Crippen LogP contribution in [0.5, 0.6) is 0 Å². The van der Waals surface area contributed by atoms with Gasteiger partial charge in [-0.15, -0.1) is 0 Å². The molecule has 0 aliphatic carbocycles. The molecule has 130 valence electrons. The van der Waals surface area contributed by atoms with Gasteiger partial charge in [0, 0.05) is 11.6 Å². The van der Waals surface area contributed by atoms with Crippen LogP contribution in [0.4, 0.5) is 11.4 Å². The average Bonchev–Trinajstić information content (AvgIpc) is 2.97. The van der Waals surface area contributed by atoms with E-state index >= 15 is 0 Å². The monoisotopic (exact) mass is 360 g/mol. The highest BCUT2D eigenvalue weighted by Gasteiger charge is 2.27. The summed E-state index contributed by atoms with van der Waals surface area (Å²) in [5.74, 6) is 0.597. The first kappa shape index (κ1) is 17.0. The number of benzene rings is 2. The van der Waals surface area contributed by atoms with Crippen LogP contribution in [-0.2, 0) is 9.84 Å². The molecule has 8 heteroatoms. The first-order valence-corrected chi connectivity index (χ1v) is 9.39. The van der Waals surface area contributed by atoms with Gasteiger partial charge >= 0.3 is 5.69 Å². The molecule has 1 atom stereocenters. The van der Waals surface area contributed by atoms with E-state index in [1.165, 1.54) is 18.2 Å². The van der Waals surface area contributed by atoms with Crippen LogP contribution in [0.3, 0.4) is 0 Å². The molecule has 0 radical (unpaired) electrons. The van der Waals surface area contributed by atoms with Gasteiger partial charge in [-0.1, -0.05) is 24.3 Å². The van der Waals surface area contributed by atoms with Crippen molar-refractivity contribution < 1.29 is 17.8 Å². The fourth-order valence-electron chi connectivity index (χ4n) is 2.65. The third-order valence-corrected chi connectivity index (χ3v) is 4.95. The van der Waals surface area contributed by atoms with Crippen LogP contribution in [0.2, 0.25) is 0 Å². The molecule has 1 heterocycles. The molecular formula is C17H16N2O5S. The molecule has 0 saturated carbocycles. The molecule has 0 spiro atoms. The smallest absolute Gasteiger partial charge is 0.310 e. The molecular weight excluding hydrogens is 344 g/mol. The number of hydrogen-bond acceptors (Lipinski definition) is 6. The van der Waals surface area contributed by atoms with Gasteiger partial charge in [-0.3, -0.25) is 10.1 Å². The van der Waals surface area contributed by atoms with Crippen molar-refractivity contribution in [1.29, 1.82) is 0 Å². The largest absolute Gasteiger partial charge is 0.459 e. The summed E-state index contributed by atoms with van der Waals surface area (Å²) in [5.41, 5.74) is 0.374. The Bertz CT molecular complexity index is 1020. The summed E-state index contributed by atoms with van der Waals surface area (Å²) in [7, 11) is -3.73. The Labute approximate surface area is 144 Å². The van der Waals surface area contributed by atoms with Gasteiger partial charge in [0.15, 0.2) is 9.84 Å². The van der Waals surface area contributed by atoms with Crippen LogP contribution in [-0.4, -0.2) is 19.6 Å². The molecule has 7 nitrogen and oxygen atoms in total. The van der Waals surface area contributed by atoms with Gasteiger partial charge in [-0.25, -0.2) is 8.42 Å². The van der Waals surface area contributed by atoms with Crippen molar-refractivity contribution in [2.75, 3.05) is 11.6 Å². The van der Waals surface area contributed by atoms with Crippen LogP contribution < -0.4 is 5.32 Å². The molecule has 0 amide bonds. The van der Waals surface area contributed by atoms with Gasteiger partial charge in [-0.2, -0.15) is 0 Å². The van der Waals surface area contributed by atoms with Crippen LogP contribution in [0, 0.1) is 10.1 Å². The molecule has 1 aromatic heterocycles. The molecule has 0 aliphatic heterocycles. The Hall–Kier alpha value is -2.87.